The van der Waals surface area contributed by atoms with Crippen molar-refractivity contribution in [2.75, 3.05) is 6.61 Å². The van der Waals surface area contributed by atoms with Crippen LogP contribution in [0.2, 0.25) is 11.1 Å². The zero-order valence-corrected chi connectivity index (χ0v) is 11.0. The number of hydrogen-bond acceptors (Lipinski definition) is 1. The number of aryl methyl sites for hydroxylation is 2. The molecule has 0 atom stereocenters. The van der Waals surface area contributed by atoms with Gasteiger partial charge in [0, 0.05) is 11.6 Å². The highest BCUT2D eigenvalue weighted by molar-refractivity contribution is 6.30. The Hall–Kier alpha value is -0.313. The van der Waals surface area contributed by atoms with Gasteiger partial charge in [0.05, 0.1) is 0 Å². The van der Waals surface area contributed by atoms with Gasteiger partial charge in [-0.1, -0.05) is 17.7 Å². The highest BCUT2D eigenvalue weighted by Gasteiger charge is 1.99. The molecule has 0 radical (unpaired) electrons. The zero-order chi connectivity index (χ0) is 10.4. The summed E-state index contributed by atoms with van der Waals surface area (Å²) in [4.78, 5) is 0. The minimum Gasteiger partial charge on any atom is -0.424 e. The molecule has 0 fully saturated rings. The predicted molar refractivity (Wildman–Crippen MR) is 64.9 cm³/mol. The second kappa shape index (κ2) is 6.22. The standard InChI is InChI=1S/C11H17ClOSi/c1-3-13-14-7-6-10-8-11(12)5-4-9(10)2/h4-5,8H,3,6-7,14H2,1-2H3. The summed E-state index contributed by atoms with van der Waals surface area (Å²) in [6.45, 7) is 5.05. The molecule has 1 nitrogen and oxygen atoms in total. The third kappa shape index (κ3) is 3.82. The lowest BCUT2D eigenvalue weighted by Gasteiger charge is -2.05. The Bertz CT molecular complexity index is 289. The molecule has 0 N–H and O–H groups in total. The van der Waals surface area contributed by atoms with Gasteiger partial charge < -0.3 is 4.43 Å². The van der Waals surface area contributed by atoms with Crippen molar-refractivity contribution in [2.24, 2.45) is 0 Å². The normalized spacial score (nSPS) is 11.4. The van der Waals surface area contributed by atoms with E-state index in [4.69, 9.17) is 16.0 Å². The van der Waals surface area contributed by atoms with Gasteiger partial charge in [-0.15, -0.1) is 0 Å². The molecule has 0 unspecified atom stereocenters. The van der Waals surface area contributed by atoms with Crippen LogP contribution in [0, 0.1) is 6.92 Å². The first-order valence-electron chi connectivity index (χ1n) is 5.07. The van der Waals surface area contributed by atoms with Crippen LogP contribution in [0.4, 0.5) is 0 Å². The van der Waals surface area contributed by atoms with Crippen LogP contribution >= 0.6 is 11.6 Å². The molecule has 0 spiro atoms. The number of benzene rings is 1. The van der Waals surface area contributed by atoms with Crippen LogP contribution in [0.5, 0.6) is 0 Å². The van der Waals surface area contributed by atoms with E-state index in [9.17, 15) is 0 Å². The fourth-order valence-corrected chi connectivity index (χ4v) is 2.63. The maximum absolute atomic E-state index is 5.94. The van der Waals surface area contributed by atoms with Crippen LogP contribution in [0.15, 0.2) is 18.2 Å². The highest BCUT2D eigenvalue weighted by Crippen LogP contribution is 2.16. The highest BCUT2D eigenvalue weighted by atomic mass is 35.5. The van der Waals surface area contributed by atoms with Crippen molar-refractivity contribution >= 4 is 21.4 Å². The number of rotatable bonds is 5. The molecule has 0 bridgehead atoms. The van der Waals surface area contributed by atoms with Crippen molar-refractivity contribution in [2.45, 2.75) is 26.3 Å². The summed E-state index contributed by atoms with van der Waals surface area (Å²) in [7, 11) is -0.304. The first kappa shape index (κ1) is 11.8. The Morgan fingerprint density at radius 3 is 2.93 bits per heavy atom. The third-order valence-electron chi connectivity index (χ3n) is 2.25. The average molecular weight is 229 g/mol. The van der Waals surface area contributed by atoms with Gasteiger partial charge in [0.25, 0.3) is 0 Å². The van der Waals surface area contributed by atoms with Gasteiger partial charge in [-0.2, -0.15) is 0 Å². The third-order valence-corrected chi connectivity index (χ3v) is 3.82. The molecule has 78 valence electrons. The lowest BCUT2D eigenvalue weighted by atomic mass is 10.1. The molecule has 0 aliphatic carbocycles. The van der Waals surface area contributed by atoms with Crippen molar-refractivity contribution in [3.8, 4) is 0 Å². The summed E-state index contributed by atoms with van der Waals surface area (Å²) in [5.74, 6) is 0. The Balaban J connectivity index is 2.45. The molecule has 0 aliphatic heterocycles. The summed E-state index contributed by atoms with van der Waals surface area (Å²) in [5, 5.41) is 0.837. The molecule has 1 rings (SSSR count). The van der Waals surface area contributed by atoms with Crippen LogP contribution < -0.4 is 0 Å². The van der Waals surface area contributed by atoms with Crippen LogP contribution in [0.25, 0.3) is 0 Å². The van der Waals surface area contributed by atoms with Gasteiger partial charge >= 0.3 is 0 Å². The molecule has 0 saturated carbocycles. The van der Waals surface area contributed by atoms with Crippen LogP contribution in [-0.2, 0) is 10.8 Å². The second-order valence-corrected chi connectivity index (χ2v) is 5.33. The summed E-state index contributed by atoms with van der Waals surface area (Å²) < 4.78 is 5.43. The molecule has 0 aromatic heterocycles. The minimum atomic E-state index is -0.304. The van der Waals surface area contributed by atoms with Crippen LogP contribution in [0.1, 0.15) is 18.1 Å². The smallest absolute Gasteiger partial charge is 0.161 e. The molecule has 1 aromatic rings. The summed E-state index contributed by atoms with van der Waals surface area (Å²) in [6, 6.07) is 7.30. The predicted octanol–water partition coefficient (Wildman–Crippen LogP) is 2.73. The molecule has 0 aliphatic rings. The molecular weight excluding hydrogens is 212 g/mol. The molecule has 0 saturated heterocycles. The van der Waals surface area contributed by atoms with Crippen molar-refractivity contribution in [1.29, 1.82) is 0 Å². The van der Waals surface area contributed by atoms with E-state index in [1.54, 1.807) is 0 Å². The first-order valence-corrected chi connectivity index (χ1v) is 7.02. The van der Waals surface area contributed by atoms with Crippen molar-refractivity contribution in [3.63, 3.8) is 0 Å². The molecule has 14 heavy (non-hydrogen) atoms. The van der Waals surface area contributed by atoms with Crippen molar-refractivity contribution in [3.05, 3.63) is 34.3 Å². The Kier molecular flexibility index (Phi) is 5.23. The summed E-state index contributed by atoms with van der Waals surface area (Å²) in [5.41, 5.74) is 2.70. The SMILES string of the molecule is CCO[SiH2]CCc1cc(Cl)ccc1C. The van der Waals surface area contributed by atoms with E-state index in [1.165, 1.54) is 17.2 Å². The van der Waals surface area contributed by atoms with E-state index in [-0.39, 0.29) is 9.76 Å². The van der Waals surface area contributed by atoms with E-state index in [0.717, 1.165) is 18.1 Å². The lowest BCUT2D eigenvalue weighted by Crippen LogP contribution is -2.00. The Morgan fingerprint density at radius 2 is 2.21 bits per heavy atom. The Morgan fingerprint density at radius 1 is 1.43 bits per heavy atom. The zero-order valence-electron chi connectivity index (χ0n) is 8.85. The number of hydrogen-bond donors (Lipinski definition) is 0. The maximum atomic E-state index is 5.94. The topological polar surface area (TPSA) is 9.23 Å². The van der Waals surface area contributed by atoms with Crippen molar-refractivity contribution < 1.29 is 4.43 Å². The van der Waals surface area contributed by atoms with E-state index in [1.807, 2.05) is 6.07 Å². The summed E-state index contributed by atoms with van der Waals surface area (Å²) in [6.07, 6.45) is 1.11. The van der Waals surface area contributed by atoms with Gasteiger partial charge in [-0.05, 0) is 49.6 Å². The van der Waals surface area contributed by atoms with Gasteiger partial charge in [-0.3, -0.25) is 0 Å². The Labute approximate surface area is 93.4 Å². The molecule has 0 amide bonds. The fourth-order valence-electron chi connectivity index (χ4n) is 1.42. The van der Waals surface area contributed by atoms with Crippen LogP contribution in [-0.4, -0.2) is 16.4 Å². The maximum Gasteiger partial charge on any atom is 0.161 e. The second-order valence-electron chi connectivity index (χ2n) is 3.37. The molecular formula is C11H17ClOSi. The van der Waals surface area contributed by atoms with E-state index in [2.05, 4.69) is 26.0 Å². The summed E-state index contributed by atoms with van der Waals surface area (Å²) >= 11 is 5.94. The lowest BCUT2D eigenvalue weighted by molar-refractivity contribution is 0.360. The van der Waals surface area contributed by atoms with Gasteiger partial charge in [0.1, 0.15) is 0 Å². The van der Waals surface area contributed by atoms with Crippen LogP contribution in [0.3, 0.4) is 0 Å². The van der Waals surface area contributed by atoms with E-state index >= 15 is 0 Å². The largest absolute Gasteiger partial charge is 0.424 e. The van der Waals surface area contributed by atoms with Crippen molar-refractivity contribution in [1.82, 2.24) is 0 Å². The van der Waals surface area contributed by atoms with Gasteiger partial charge in [0.2, 0.25) is 0 Å². The average Bonchev–Trinajstić information content (AvgIpc) is 2.18. The van der Waals surface area contributed by atoms with Gasteiger partial charge in [-0.25, -0.2) is 0 Å². The fraction of sp³-hybridized carbons (Fsp3) is 0.455. The first-order chi connectivity index (χ1) is 6.74. The molecule has 3 heteroatoms. The number of halogens is 1. The molecule has 0 heterocycles. The van der Waals surface area contributed by atoms with E-state index in [0.29, 0.717) is 0 Å². The quantitative estimate of drug-likeness (QED) is 0.556. The van der Waals surface area contributed by atoms with Gasteiger partial charge in [0.15, 0.2) is 9.76 Å². The molecule has 1 aromatic carbocycles. The minimum absolute atomic E-state index is 0.304. The van der Waals surface area contributed by atoms with E-state index < -0.39 is 0 Å². The monoisotopic (exact) mass is 228 g/mol.